The van der Waals surface area contributed by atoms with Crippen molar-refractivity contribution < 1.29 is 24.5 Å². The molecule has 0 fully saturated rings. The smallest absolute Gasteiger partial charge is 0.204 e. The van der Waals surface area contributed by atoms with Gasteiger partial charge in [-0.1, -0.05) is 23.7 Å². The average molecular weight is 385 g/mol. The summed E-state index contributed by atoms with van der Waals surface area (Å²) in [5, 5.41) is 30.1. The lowest BCUT2D eigenvalue weighted by molar-refractivity contribution is 0.308. The summed E-state index contributed by atoms with van der Waals surface area (Å²) in [6, 6.07) is 11.9. The molecule has 3 aromatic carbocycles. The van der Waals surface area contributed by atoms with Gasteiger partial charge in [0.15, 0.2) is 11.5 Å². The van der Waals surface area contributed by atoms with E-state index >= 15 is 0 Å². The molecule has 0 unspecified atom stereocenters. The van der Waals surface area contributed by atoms with E-state index in [2.05, 4.69) is 0 Å². The minimum Gasteiger partial charge on any atom is -0.508 e. The predicted octanol–water partition coefficient (Wildman–Crippen LogP) is 4.30. The second kappa shape index (κ2) is 6.41. The maximum absolute atomic E-state index is 12.9. The van der Waals surface area contributed by atoms with Crippen molar-refractivity contribution in [2.24, 2.45) is 0 Å². The second-order valence-electron chi connectivity index (χ2n) is 6.00. The van der Waals surface area contributed by atoms with Crippen LogP contribution in [0.2, 0.25) is 5.02 Å². The molecule has 0 saturated carbocycles. The maximum atomic E-state index is 12.9. The number of ether oxygens (including phenoxy) is 1. The summed E-state index contributed by atoms with van der Waals surface area (Å²) in [6.07, 6.45) is 0. The van der Waals surface area contributed by atoms with Gasteiger partial charge in [-0.2, -0.15) is 0 Å². The van der Waals surface area contributed by atoms with Gasteiger partial charge in [0.25, 0.3) is 0 Å². The van der Waals surface area contributed by atoms with Crippen LogP contribution in [0.25, 0.3) is 21.9 Å². The summed E-state index contributed by atoms with van der Waals surface area (Å²) < 4.78 is 11.4. The zero-order valence-electron chi connectivity index (χ0n) is 13.8. The molecular weight excluding hydrogens is 372 g/mol. The molecule has 0 bridgehead atoms. The molecule has 27 heavy (non-hydrogen) atoms. The first-order chi connectivity index (χ1) is 12.9. The van der Waals surface area contributed by atoms with Crippen LogP contribution in [0, 0.1) is 0 Å². The summed E-state index contributed by atoms with van der Waals surface area (Å²) >= 11 is 5.86. The van der Waals surface area contributed by atoms with Gasteiger partial charge in [-0.05, 0) is 23.8 Å². The van der Waals surface area contributed by atoms with Crippen LogP contribution in [0.1, 0.15) is 5.56 Å². The fourth-order valence-electron chi connectivity index (χ4n) is 2.81. The number of halogens is 1. The molecule has 0 aliphatic rings. The molecule has 0 aliphatic heterocycles. The zero-order valence-corrected chi connectivity index (χ0v) is 14.5. The fraction of sp³-hybridized carbons (Fsp3) is 0.0500. The van der Waals surface area contributed by atoms with E-state index in [1.807, 2.05) is 0 Å². The van der Waals surface area contributed by atoms with Gasteiger partial charge in [0, 0.05) is 23.2 Å². The van der Waals surface area contributed by atoms with Gasteiger partial charge < -0.3 is 24.5 Å². The van der Waals surface area contributed by atoms with E-state index in [4.69, 9.17) is 20.8 Å². The quantitative estimate of drug-likeness (QED) is 0.360. The number of hydrogen-bond acceptors (Lipinski definition) is 6. The van der Waals surface area contributed by atoms with Crippen LogP contribution in [-0.4, -0.2) is 15.3 Å². The lowest BCUT2D eigenvalue weighted by Gasteiger charge is -2.11. The third kappa shape index (κ3) is 3.11. The molecular formula is C20H13ClO6. The average Bonchev–Trinajstić information content (AvgIpc) is 2.62. The van der Waals surface area contributed by atoms with Crippen LogP contribution in [0.3, 0.4) is 0 Å². The third-order valence-electron chi connectivity index (χ3n) is 4.13. The van der Waals surface area contributed by atoms with E-state index in [1.54, 1.807) is 24.3 Å². The Bertz CT molecular complexity index is 1230. The largest absolute Gasteiger partial charge is 0.508 e. The Morgan fingerprint density at radius 3 is 2.37 bits per heavy atom. The summed E-state index contributed by atoms with van der Waals surface area (Å²) in [5.74, 6) is -0.844. The monoisotopic (exact) mass is 384 g/mol. The molecule has 7 heteroatoms. The Morgan fingerprint density at radius 1 is 0.926 bits per heavy atom. The Hall–Kier alpha value is -3.38. The van der Waals surface area contributed by atoms with Crippen molar-refractivity contribution in [2.45, 2.75) is 6.61 Å². The molecule has 0 radical (unpaired) electrons. The maximum Gasteiger partial charge on any atom is 0.204 e. The van der Waals surface area contributed by atoms with Crippen molar-refractivity contribution in [1.29, 1.82) is 0 Å². The molecule has 3 N–H and O–H groups in total. The molecule has 136 valence electrons. The van der Waals surface area contributed by atoms with Crippen molar-refractivity contribution in [1.82, 2.24) is 0 Å². The number of phenolic OH excluding ortho intramolecular Hbond substituents is 3. The first-order valence-corrected chi connectivity index (χ1v) is 8.33. The topological polar surface area (TPSA) is 100 Å². The van der Waals surface area contributed by atoms with Crippen molar-refractivity contribution in [3.05, 3.63) is 69.3 Å². The number of hydrogen-bond donors (Lipinski definition) is 3. The van der Waals surface area contributed by atoms with Crippen LogP contribution >= 0.6 is 11.6 Å². The predicted molar refractivity (Wildman–Crippen MR) is 101 cm³/mol. The fourth-order valence-corrected chi connectivity index (χ4v) is 2.93. The van der Waals surface area contributed by atoms with Gasteiger partial charge in [-0.15, -0.1) is 0 Å². The molecule has 1 aromatic heterocycles. The molecule has 0 saturated heterocycles. The van der Waals surface area contributed by atoms with Crippen LogP contribution in [0.15, 0.2) is 57.7 Å². The van der Waals surface area contributed by atoms with Gasteiger partial charge in [-0.3, -0.25) is 4.79 Å². The van der Waals surface area contributed by atoms with E-state index in [0.717, 1.165) is 17.7 Å². The van der Waals surface area contributed by atoms with Crippen molar-refractivity contribution in [3.63, 3.8) is 0 Å². The third-order valence-corrected chi connectivity index (χ3v) is 4.38. The molecule has 0 amide bonds. The SMILES string of the molecule is O=c1c2cc(O)c(O)cc2oc2cc(O)cc(OCc3ccc(Cl)cc3)c12. The minimum absolute atomic E-state index is 0.0806. The molecule has 4 rings (SSSR count). The Labute approximate surface area is 157 Å². The molecule has 0 spiro atoms. The standard InChI is InChI=1S/C20H13ClO6/c21-11-3-1-10(2-4-11)9-26-17-5-12(22)6-18-19(17)20(25)13-7-14(23)15(24)8-16(13)27-18/h1-8,22-24H,9H2. The lowest BCUT2D eigenvalue weighted by Crippen LogP contribution is -2.05. The zero-order chi connectivity index (χ0) is 19.1. The molecule has 0 aliphatic carbocycles. The minimum atomic E-state index is -0.451. The highest BCUT2D eigenvalue weighted by Crippen LogP contribution is 2.34. The first kappa shape index (κ1) is 17.1. The Balaban J connectivity index is 1.86. The highest BCUT2D eigenvalue weighted by Gasteiger charge is 2.16. The molecule has 1 heterocycles. The van der Waals surface area contributed by atoms with E-state index < -0.39 is 16.9 Å². The van der Waals surface area contributed by atoms with Gasteiger partial charge in [0.2, 0.25) is 5.43 Å². The molecule has 0 atom stereocenters. The van der Waals surface area contributed by atoms with Crippen LogP contribution in [0.4, 0.5) is 0 Å². The van der Waals surface area contributed by atoms with Crippen molar-refractivity contribution in [2.75, 3.05) is 0 Å². The summed E-state index contributed by atoms with van der Waals surface area (Å²) in [4.78, 5) is 12.9. The number of rotatable bonds is 3. The van der Waals surface area contributed by atoms with E-state index in [-0.39, 0.29) is 40.0 Å². The molecule has 6 nitrogen and oxygen atoms in total. The summed E-state index contributed by atoms with van der Waals surface area (Å²) in [5.41, 5.74) is 0.553. The van der Waals surface area contributed by atoms with E-state index in [0.29, 0.717) is 5.02 Å². The van der Waals surface area contributed by atoms with Crippen LogP contribution in [-0.2, 0) is 6.61 Å². The highest BCUT2D eigenvalue weighted by molar-refractivity contribution is 6.30. The number of aromatic hydroxyl groups is 3. The number of phenols is 3. The van der Waals surface area contributed by atoms with Crippen LogP contribution in [0.5, 0.6) is 23.0 Å². The Kier molecular flexibility index (Phi) is 4.05. The van der Waals surface area contributed by atoms with Crippen LogP contribution < -0.4 is 10.2 Å². The summed E-state index contributed by atoms with van der Waals surface area (Å²) in [7, 11) is 0. The van der Waals surface area contributed by atoms with Gasteiger partial charge in [-0.25, -0.2) is 0 Å². The summed E-state index contributed by atoms with van der Waals surface area (Å²) in [6.45, 7) is 0.147. The van der Waals surface area contributed by atoms with E-state index in [1.165, 1.54) is 12.1 Å². The van der Waals surface area contributed by atoms with Crippen molar-refractivity contribution in [3.8, 4) is 23.0 Å². The normalized spacial score (nSPS) is 11.1. The van der Waals surface area contributed by atoms with Gasteiger partial charge >= 0.3 is 0 Å². The first-order valence-electron chi connectivity index (χ1n) is 7.95. The van der Waals surface area contributed by atoms with E-state index in [9.17, 15) is 20.1 Å². The highest BCUT2D eigenvalue weighted by atomic mass is 35.5. The Morgan fingerprint density at radius 2 is 1.63 bits per heavy atom. The van der Waals surface area contributed by atoms with Gasteiger partial charge in [0.05, 0.1) is 5.39 Å². The number of fused-ring (bicyclic) bond motifs is 2. The second-order valence-corrected chi connectivity index (χ2v) is 6.44. The van der Waals surface area contributed by atoms with Crippen molar-refractivity contribution >= 4 is 33.5 Å². The molecule has 4 aromatic rings. The van der Waals surface area contributed by atoms with Gasteiger partial charge in [0.1, 0.15) is 34.7 Å². The lowest BCUT2D eigenvalue weighted by atomic mass is 10.1. The number of benzene rings is 3.